The molecule has 1 N–H and O–H groups in total. The zero-order valence-electron chi connectivity index (χ0n) is 11.4. The van der Waals surface area contributed by atoms with Crippen molar-refractivity contribution in [3.63, 3.8) is 0 Å². The van der Waals surface area contributed by atoms with Crippen molar-refractivity contribution in [1.29, 1.82) is 0 Å². The molecule has 22 heavy (non-hydrogen) atoms. The summed E-state index contributed by atoms with van der Waals surface area (Å²) in [5, 5.41) is 4.98. The Morgan fingerprint density at radius 3 is 2.55 bits per heavy atom. The molecule has 0 unspecified atom stereocenters. The maximum atomic E-state index is 13.7. The first kappa shape index (κ1) is 13.4. The van der Waals surface area contributed by atoms with Gasteiger partial charge in [0.15, 0.2) is 5.13 Å². The standard InChI is InChI=1S/C17H11FN2S2/c18-12-7-4-8-14-16(12)20-17(22-14)19-15-10-9-13(21-15)11-5-2-1-3-6-11/h1-10H,(H,19,20). The normalized spacial score (nSPS) is 11.0. The van der Waals surface area contributed by atoms with E-state index in [0.29, 0.717) is 10.6 Å². The van der Waals surface area contributed by atoms with Crippen molar-refractivity contribution < 1.29 is 4.39 Å². The summed E-state index contributed by atoms with van der Waals surface area (Å²) in [6.07, 6.45) is 0. The Morgan fingerprint density at radius 1 is 0.864 bits per heavy atom. The van der Waals surface area contributed by atoms with Crippen LogP contribution < -0.4 is 5.32 Å². The van der Waals surface area contributed by atoms with Crippen LogP contribution in [0.4, 0.5) is 14.5 Å². The third kappa shape index (κ3) is 2.49. The number of fused-ring (bicyclic) bond motifs is 1. The summed E-state index contributed by atoms with van der Waals surface area (Å²) in [4.78, 5) is 5.52. The molecule has 0 aliphatic heterocycles. The van der Waals surface area contributed by atoms with Gasteiger partial charge in [-0.1, -0.05) is 47.7 Å². The lowest BCUT2D eigenvalue weighted by Crippen LogP contribution is -1.85. The van der Waals surface area contributed by atoms with Crippen LogP contribution in [0.5, 0.6) is 0 Å². The first-order valence-corrected chi connectivity index (χ1v) is 8.40. The highest BCUT2D eigenvalue weighted by atomic mass is 32.1. The molecule has 0 saturated heterocycles. The van der Waals surface area contributed by atoms with Crippen molar-refractivity contribution in [2.75, 3.05) is 5.32 Å². The van der Waals surface area contributed by atoms with E-state index in [1.165, 1.54) is 27.8 Å². The molecule has 0 spiro atoms. The number of rotatable bonds is 3. The second-order valence-corrected chi connectivity index (χ2v) is 6.87. The summed E-state index contributed by atoms with van der Waals surface area (Å²) in [5.74, 6) is -0.280. The van der Waals surface area contributed by atoms with Gasteiger partial charge in [0, 0.05) is 4.88 Å². The zero-order valence-corrected chi connectivity index (χ0v) is 13.0. The molecule has 0 atom stereocenters. The van der Waals surface area contributed by atoms with Gasteiger partial charge in [-0.2, -0.15) is 0 Å². The number of hydrogen-bond donors (Lipinski definition) is 1. The molecule has 108 valence electrons. The minimum atomic E-state index is -0.280. The van der Waals surface area contributed by atoms with Gasteiger partial charge >= 0.3 is 0 Å². The number of para-hydroxylation sites is 1. The minimum absolute atomic E-state index is 0.280. The molecule has 5 heteroatoms. The molecule has 0 aliphatic carbocycles. The lowest BCUT2D eigenvalue weighted by atomic mass is 10.2. The number of benzene rings is 2. The highest BCUT2D eigenvalue weighted by Gasteiger charge is 2.09. The topological polar surface area (TPSA) is 24.9 Å². The number of nitrogens with zero attached hydrogens (tertiary/aromatic N) is 1. The van der Waals surface area contributed by atoms with Gasteiger partial charge in [-0.05, 0) is 29.8 Å². The van der Waals surface area contributed by atoms with Crippen LogP contribution in [0.3, 0.4) is 0 Å². The SMILES string of the molecule is Fc1cccc2sc(Nc3ccc(-c4ccccc4)s3)nc12. The van der Waals surface area contributed by atoms with E-state index in [0.717, 1.165) is 9.70 Å². The summed E-state index contributed by atoms with van der Waals surface area (Å²) in [5.41, 5.74) is 1.62. The van der Waals surface area contributed by atoms with E-state index in [4.69, 9.17) is 0 Å². The van der Waals surface area contributed by atoms with Gasteiger partial charge in [0.25, 0.3) is 0 Å². The Labute approximate surface area is 134 Å². The lowest BCUT2D eigenvalue weighted by Gasteiger charge is -1.97. The molecule has 0 fully saturated rings. The van der Waals surface area contributed by atoms with Crippen LogP contribution in [0.1, 0.15) is 0 Å². The number of thiophene rings is 1. The number of halogens is 1. The van der Waals surface area contributed by atoms with E-state index in [-0.39, 0.29) is 5.82 Å². The van der Waals surface area contributed by atoms with Crippen molar-refractivity contribution in [1.82, 2.24) is 4.98 Å². The fraction of sp³-hybridized carbons (Fsp3) is 0. The number of aromatic nitrogens is 1. The van der Waals surface area contributed by atoms with Crippen molar-refractivity contribution in [3.8, 4) is 10.4 Å². The second-order valence-electron chi connectivity index (χ2n) is 4.76. The maximum Gasteiger partial charge on any atom is 0.188 e. The van der Waals surface area contributed by atoms with E-state index >= 15 is 0 Å². The Morgan fingerprint density at radius 2 is 1.73 bits per heavy atom. The molecule has 0 aliphatic rings. The zero-order chi connectivity index (χ0) is 14.9. The third-order valence-corrected chi connectivity index (χ3v) is 5.25. The molecule has 0 amide bonds. The van der Waals surface area contributed by atoms with Gasteiger partial charge in [-0.3, -0.25) is 0 Å². The van der Waals surface area contributed by atoms with E-state index in [9.17, 15) is 4.39 Å². The molecule has 0 radical (unpaired) electrons. The first-order chi connectivity index (χ1) is 10.8. The van der Waals surface area contributed by atoms with Crippen molar-refractivity contribution in [3.05, 3.63) is 66.5 Å². The van der Waals surface area contributed by atoms with Crippen LogP contribution >= 0.6 is 22.7 Å². The molecule has 4 rings (SSSR count). The van der Waals surface area contributed by atoms with Gasteiger partial charge in [0.1, 0.15) is 11.3 Å². The third-order valence-electron chi connectivity index (χ3n) is 3.26. The number of hydrogen-bond acceptors (Lipinski definition) is 4. The van der Waals surface area contributed by atoms with Crippen LogP contribution in [0, 0.1) is 5.82 Å². The van der Waals surface area contributed by atoms with Gasteiger partial charge in [-0.25, -0.2) is 9.37 Å². The predicted octanol–water partition coefficient (Wildman–Crippen LogP) is 5.91. The van der Waals surface area contributed by atoms with E-state index in [1.54, 1.807) is 17.4 Å². The second kappa shape index (κ2) is 5.51. The van der Waals surface area contributed by atoms with Gasteiger partial charge in [0.05, 0.1) is 9.70 Å². The maximum absolute atomic E-state index is 13.7. The number of anilines is 2. The molecule has 4 aromatic rings. The Bertz CT molecular complexity index is 928. The highest BCUT2D eigenvalue weighted by Crippen LogP contribution is 2.35. The Kier molecular flexibility index (Phi) is 3.36. The summed E-state index contributed by atoms with van der Waals surface area (Å²) >= 11 is 3.11. The molecular formula is C17H11FN2S2. The van der Waals surface area contributed by atoms with Crippen LogP contribution in [-0.4, -0.2) is 4.98 Å². The van der Waals surface area contributed by atoms with Gasteiger partial charge in [-0.15, -0.1) is 11.3 Å². The summed E-state index contributed by atoms with van der Waals surface area (Å²) < 4.78 is 14.5. The summed E-state index contributed by atoms with van der Waals surface area (Å²) in [6, 6.07) is 19.4. The van der Waals surface area contributed by atoms with E-state index < -0.39 is 0 Å². The highest BCUT2D eigenvalue weighted by molar-refractivity contribution is 7.23. The number of nitrogens with one attached hydrogen (secondary N) is 1. The quantitative estimate of drug-likeness (QED) is 0.506. The average Bonchev–Trinajstić information content (AvgIpc) is 3.16. The largest absolute Gasteiger partial charge is 0.323 e. The van der Waals surface area contributed by atoms with E-state index in [2.05, 4.69) is 28.5 Å². The first-order valence-electron chi connectivity index (χ1n) is 6.77. The molecule has 2 aromatic carbocycles. The molecule has 0 saturated carbocycles. The number of thiazole rings is 1. The van der Waals surface area contributed by atoms with Gasteiger partial charge in [0.2, 0.25) is 0 Å². The lowest BCUT2D eigenvalue weighted by molar-refractivity contribution is 0.637. The Balaban J connectivity index is 1.63. The average molecular weight is 326 g/mol. The smallest absolute Gasteiger partial charge is 0.188 e. The molecule has 2 heterocycles. The predicted molar refractivity (Wildman–Crippen MR) is 92.6 cm³/mol. The van der Waals surface area contributed by atoms with Crippen molar-refractivity contribution in [2.45, 2.75) is 0 Å². The van der Waals surface area contributed by atoms with Crippen molar-refractivity contribution in [2.24, 2.45) is 0 Å². The van der Waals surface area contributed by atoms with Crippen molar-refractivity contribution >= 4 is 43.0 Å². The summed E-state index contributed by atoms with van der Waals surface area (Å²) in [7, 11) is 0. The molecule has 0 bridgehead atoms. The molecule has 2 nitrogen and oxygen atoms in total. The monoisotopic (exact) mass is 326 g/mol. The van der Waals surface area contributed by atoms with E-state index in [1.807, 2.05) is 30.3 Å². The van der Waals surface area contributed by atoms with Gasteiger partial charge < -0.3 is 5.32 Å². The fourth-order valence-electron chi connectivity index (χ4n) is 2.24. The molecular weight excluding hydrogens is 315 g/mol. The molecule has 2 aromatic heterocycles. The van der Waals surface area contributed by atoms with Crippen LogP contribution in [0.25, 0.3) is 20.7 Å². The Hall–Kier alpha value is -2.24. The fourth-order valence-corrected chi connectivity index (χ4v) is 4.10. The summed E-state index contributed by atoms with van der Waals surface area (Å²) in [6.45, 7) is 0. The minimum Gasteiger partial charge on any atom is -0.323 e. The van der Waals surface area contributed by atoms with Crippen LogP contribution in [-0.2, 0) is 0 Å². The van der Waals surface area contributed by atoms with Crippen LogP contribution in [0.15, 0.2) is 60.7 Å². The van der Waals surface area contributed by atoms with Crippen LogP contribution in [0.2, 0.25) is 0 Å².